The molecule has 0 saturated heterocycles. The minimum Gasteiger partial charge on any atom is -0.506 e. The Morgan fingerprint density at radius 1 is 0.796 bits per heavy atom. The van der Waals surface area contributed by atoms with Crippen molar-refractivity contribution in [2.75, 3.05) is 31.6 Å². The lowest BCUT2D eigenvalue weighted by Gasteiger charge is -2.18. The zero-order chi connectivity index (χ0) is 34.4. The number of unbranched alkanes of at least 4 members (excludes halogenated alkanes) is 6. The number of carbonyl (C=O) groups excluding carboxylic acids is 1. The highest BCUT2D eigenvalue weighted by Gasteiger charge is 2.16. The number of benzene rings is 4. The first-order valence-electron chi connectivity index (χ1n) is 17.0. The Morgan fingerprint density at radius 2 is 1.47 bits per heavy atom. The van der Waals surface area contributed by atoms with E-state index < -0.39 is 12.2 Å². The number of nitrogens with zero attached hydrogens (tertiary/aromatic N) is 1. The maximum Gasteiger partial charge on any atom is 0.419 e. The molecule has 5 aromatic rings. The van der Waals surface area contributed by atoms with E-state index in [0.29, 0.717) is 41.1 Å². The summed E-state index contributed by atoms with van der Waals surface area (Å²) in [5.74, 6) is 1.08. The van der Waals surface area contributed by atoms with E-state index in [1.54, 1.807) is 25.2 Å². The molecule has 49 heavy (non-hydrogen) atoms. The van der Waals surface area contributed by atoms with Gasteiger partial charge in [0.15, 0.2) is 0 Å². The van der Waals surface area contributed by atoms with Crippen LogP contribution in [-0.2, 0) is 0 Å². The molecule has 1 atom stereocenters. The summed E-state index contributed by atoms with van der Waals surface area (Å²) < 4.78 is 11.9. The van der Waals surface area contributed by atoms with Crippen molar-refractivity contribution >= 4 is 22.7 Å². The predicted octanol–water partition coefficient (Wildman–Crippen LogP) is 7.97. The number of carbonyl (C=O) groups is 1. The number of rotatable bonds is 17. The number of anilines is 1. The Kier molecular flexibility index (Phi) is 12.8. The molecular weight excluding hydrogens is 618 g/mol. The zero-order valence-corrected chi connectivity index (χ0v) is 27.9. The fraction of sp³-hybridized carbons (Fsp3) is 0.300. The number of fused-ring (bicyclic) bond motifs is 1. The van der Waals surface area contributed by atoms with Gasteiger partial charge in [0.2, 0.25) is 5.56 Å². The molecule has 0 spiro atoms. The first-order chi connectivity index (χ1) is 23.9. The summed E-state index contributed by atoms with van der Waals surface area (Å²) in [5.41, 5.74) is 3.38. The molecule has 5 rings (SSSR count). The molecule has 0 unspecified atom stereocenters. The fourth-order valence-corrected chi connectivity index (χ4v) is 5.76. The number of aliphatic hydroxyl groups excluding tert-OH is 1. The van der Waals surface area contributed by atoms with Crippen molar-refractivity contribution in [1.29, 1.82) is 0 Å². The minimum absolute atomic E-state index is 0.0146. The minimum atomic E-state index is -0.750. The third-order valence-electron chi connectivity index (χ3n) is 8.48. The number of phenols is 1. The third-order valence-corrected chi connectivity index (χ3v) is 8.48. The molecule has 0 fully saturated rings. The molecular formula is C40H45N3O6. The van der Waals surface area contributed by atoms with E-state index in [1.807, 2.05) is 72.8 Å². The molecule has 1 aromatic heterocycles. The van der Waals surface area contributed by atoms with Gasteiger partial charge in [-0.3, -0.25) is 9.69 Å². The Labute approximate surface area is 287 Å². The predicted molar refractivity (Wildman–Crippen MR) is 195 cm³/mol. The van der Waals surface area contributed by atoms with E-state index in [4.69, 9.17) is 9.47 Å². The topological polar surface area (TPSA) is 124 Å². The van der Waals surface area contributed by atoms with Crippen LogP contribution >= 0.6 is 0 Å². The Balaban J connectivity index is 0.992. The van der Waals surface area contributed by atoms with Crippen LogP contribution in [0.1, 0.15) is 56.6 Å². The number of para-hydroxylation sites is 1. The number of phenolic OH excluding ortho intramolecular Hbond substituents is 1. The first-order valence-corrected chi connectivity index (χ1v) is 17.0. The van der Waals surface area contributed by atoms with E-state index >= 15 is 0 Å². The van der Waals surface area contributed by atoms with Crippen LogP contribution in [0.5, 0.6) is 17.2 Å². The highest BCUT2D eigenvalue weighted by molar-refractivity contribution is 5.89. The van der Waals surface area contributed by atoms with Crippen molar-refractivity contribution < 1.29 is 24.5 Å². The number of ether oxygens (including phenoxy) is 2. The summed E-state index contributed by atoms with van der Waals surface area (Å²) in [4.78, 5) is 28.6. The second-order valence-electron chi connectivity index (χ2n) is 12.2. The summed E-state index contributed by atoms with van der Waals surface area (Å²) in [7, 11) is 1.69. The number of hydrogen-bond donors (Lipinski definition) is 4. The average Bonchev–Trinajstić information content (AvgIpc) is 3.12. The van der Waals surface area contributed by atoms with Crippen LogP contribution in [0.2, 0.25) is 0 Å². The van der Waals surface area contributed by atoms with Gasteiger partial charge in [-0.2, -0.15) is 0 Å². The van der Waals surface area contributed by atoms with Crippen molar-refractivity contribution in [3.63, 3.8) is 0 Å². The number of aromatic amines is 1. The van der Waals surface area contributed by atoms with Gasteiger partial charge in [0.1, 0.15) is 17.2 Å². The van der Waals surface area contributed by atoms with E-state index in [9.17, 15) is 19.8 Å². The van der Waals surface area contributed by atoms with Crippen LogP contribution in [0.4, 0.5) is 10.5 Å². The summed E-state index contributed by atoms with van der Waals surface area (Å²) in [5, 5.41) is 24.7. The van der Waals surface area contributed by atoms with E-state index in [1.165, 1.54) is 17.0 Å². The van der Waals surface area contributed by atoms with Crippen LogP contribution in [0.3, 0.4) is 0 Å². The molecule has 0 saturated carbocycles. The molecule has 9 heteroatoms. The zero-order valence-electron chi connectivity index (χ0n) is 27.9. The van der Waals surface area contributed by atoms with Crippen molar-refractivity contribution in [2.45, 2.75) is 51.0 Å². The maximum atomic E-state index is 12.9. The van der Waals surface area contributed by atoms with Gasteiger partial charge in [0, 0.05) is 36.8 Å². The molecule has 0 bridgehead atoms. The van der Waals surface area contributed by atoms with E-state index in [-0.39, 0.29) is 11.3 Å². The lowest BCUT2D eigenvalue weighted by Crippen LogP contribution is -2.29. The smallest absolute Gasteiger partial charge is 0.419 e. The SMILES string of the molecule is CN(C(=O)Oc1cc(OCCCCCCCCCNC[C@H](O)c2ccc(O)c3[nH]c(=O)ccc23)cc(-c2ccccc2)c1)c1ccccc1. The van der Waals surface area contributed by atoms with Crippen LogP contribution in [0.15, 0.2) is 108 Å². The van der Waals surface area contributed by atoms with Crippen molar-refractivity contribution in [3.8, 4) is 28.4 Å². The normalized spacial score (nSPS) is 11.7. The van der Waals surface area contributed by atoms with Gasteiger partial charge in [-0.05, 0) is 72.5 Å². The van der Waals surface area contributed by atoms with Crippen molar-refractivity contribution in [1.82, 2.24) is 10.3 Å². The van der Waals surface area contributed by atoms with E-state index in [2.05, 4.69) is 10.3 Å². The maximum absolute atomic E-state index is 12.9. The van der Waals surface area contributed by atoms with Gasteiger partial charge in [-0.15, -0.1) is 0 Å². The summed E-state index contributed by atoms with van der Waals surface area (Å²) in [6.45, 7) is 1.77. The lowest BCUT2D eigenvalue weighted by atomic mass is 10.0. The number of aromatic hydroxyl groups is 1. The Bertz CT molecular complexity index is 1840. The average molecular weight is 664 g/mol. The van der Waals surface area contributed by atoms with Crippen molar-refractivity contribution in [2.24, 2.45) is 0 Å². The number of aromatic nitrogens is 1. The monoisotopic (exact) mass is 663 g/mol. The largest absolute Gasteiger partial charge is 0.506 e. The van der Waals surface area contributed by atoms with Gasteiger partial charge in [0.25, 0.3) is 0 Å². The number of H-pyrrole nitrogens is 1. The quantitative estimate of drug-likeness (QED) is 0.0744. The van der Waals surface area contributed by atoms with Gasteiger partial charge in [-0.25, -0.2) is 4.79 Å². The van der Waals surface area contributed by atoms with Crippen LogP contribution in [-0.4, -0.2) is 48.0 Å². The van der Waals surface area contributed by atoms with Gasteiger partial charge >= 0.3 is 6.09 Å². The van der Waals surface area contributed by atoms with Crippen LogP contribution < -0.4 is 25.2 Å². The highest BCUT2D eigenvalue weighted by Crippen LogP contribution is 2.31. The second-order valence-corrected chi connectivity index (χ2v) is 12.2. The van der Waals surface area contributed by atoms with Crippen LogP contribution in [0, 0.1) is 0 Å². The van der Waals surface area contributed by atoms with E-state index in [0.717, 1.165) is 68.3 Å². The molecule has 0 radical (unpaired) electrons. The second kappa shape index (κ2) is 17.9. The molecule has 256 valence electrons. The molecule has 4 N–H and O–H groups in total. The Hall–Kier alpha value is -5.12. The summed E-state index contributed by atoms with van der Waals surface area (Å²) in [6, 6.07) is 31.2. The first kappa shape index (κ1) is 35.2. The highest BCUT2D eigenvalue weighted by atomic mass is 16.6. The molecule has 0 aliphatic carbocycles. The number of aliphatic hydroxyl groups is 1. The van der Waals surface area contributed by atoms with Gasteiger partial charge < -0.3 is 30.0 Å². The molecule has 1 heterocycles. The third kappa shape index (κ3) is 10.2. The summed E-state index contributed by atoms with van der Waals surface area (Å²) >= 11 is 0. The van der Waals surface area contributed by atoms with Gasteiger partial charge in [0.05, 0.1) is 18.2 Å². The number of hydrogen-bond acceptors (Lipinski definition) is 7. The fourth-order valence-electron chi connectivity index (χ4n) is 5.76. The number of pyridine rings is 1. The Morgan fingerprint density at radius 3 is 2.22 bits per heavy atom. The number of nitrogens with one attached hydrogen (secondary N) is 2. The molecule has 9 nitrogen and oxygen atoms in total. The molecule has 4 aromatic carbocycles. The lowest BCUT2D eigenvalue weighted by molar-refractivity contribution is 0.176. The standard InChI is InChI=1S/C40H45N3O6/c1-43(31-17-11-8-12-18-31)40(47)49-33-26-30(29-15-9-7-10-16-29)25-32(27-33)48-24-14-6-4-2-3-5-13-23-41-28-37(45)34-19-21-36(44)39-35(34)20-22-38(46)42-39/h7-12,15-22,25-27,37,41,44-45H,2-6,13-14,23-24,28H2,1H3,(H,42,46)/t37-/m0/s1. The van der Waals surface area contributed by atoms with Crippen molar-refractivity contribution in [3.05, 3.63) is 119 Å². The molecule has 0 aliphatic heterocycles. The molecule has 0 aliphatic rings. The summed E-state index contributed by atoms with van der Waals surface area (Å²) in [6.07, 6.45) is 6.33. The number of amides is 1. The van der Waals surface area contributed by atoms with Crippen LogP contribution in [0.25, 0.3) is 22.0 Å². The molecule has 1 amide bonds. The van der Waals surface area contributed by atoms with Gasteiger partial charge in [-0.1, -0.05) is 86.7 Å².